The van der Waals surface area contributed by atoms with Crippen LogP contribution in [0.15, 0.2) is 18.2 Å². The zero-order chi connectivity index (χ0) is 18.0. The first kappa shape index (κ1) is 17.2. The number of rotatable bonds is 6. The number of imidazole rings is 1. The van der Waals surface area contributed by atoms with Crippen molar-refractivity contribution in [1.29, 1.82) is 0 Å². The summed E-state index contributed by atoms with van der Waals surface area (Å²) >= 11 is 0. The van der Waals surface area contributed by atoms with E-state index in [9.17, 15) is 4.79 Å². The molecule has 0 bridgehead atoms. The fourth-order valence-electron chi connectivity index (χ4n) is 3.37. The van der Waals surface area contributed by atoms with E-state index in [2.05, 4.69) is 32.8 Å². The number of benzene rings is 1. The van der Waals surface area contributed by atoms with Gasteiger partial charge in [-0.25, -0.2) is 9.97 Å². The molecule has 3 N–H and O–H groups in total. The number of nitrogen functional groups attached to an aromatic ring is 1. The molecule has 0 aliphatic heterocycles. The third-order valence-electron chi connectivity index (χ3n) is 4.60. The number of anilines is 1. The molecular formula is C19H25N5O. The molecule has 0 atom stereocenters. The molecule has 3 rings (SSSR count). The zero-order valence-electron chi connectivity index (χ0n) is 15.1. The van der Waals surface area contributed by atoms with Gasteiger partial charge in [0.25, 0.3) is 0 Å². The molecule has 0 fully saturated rings. The number of amides is 1. The van der Waals surface area contributed by atoms with Crippen molar-refractivity contribution in [2.75, 3.05) is 12.3 Å². The van der Waals surface area contributed by atoms with Gasteiger partial charge < -0.3 is 15.6 Å². The minimum Gasteiger partial charge on any atom is -0.382 e. The maximum absolute atomic E-state index is 11.0. The number of hydrogen-bond donors (Lipinski definition) is 2. The number of nitrogens with zero attached hydrogens (tertiary/aromatic N) is 3. The predicted molar refractivity (Wildman–Crippen MR) is 101 cm³/mol. The van der Waals surface area contributed by atoms with E-state index >= 15 is 0 Å². The highest BCUT2D eigenvalue weighted by molar-refractivity contribution is 6.08. The average Bonchev–Trinajstić information content (AvgIpc) is 2.92. The van der Waals surface area contributed by atoms with E-state index in [1.807, 2.05) is 19.2 Å². The lowest BCUT2D eigenvalue weighted by atomic mass is 10.0. The maximum atomic E-state index is 11.0. The van der Waals surface area contributed by atoms with Crippen molar-refractivity contribution in [3.63, 3.8) is 0 Å². The van der Waals surface area contributed by atoms with Gasteiger partial charge in [0.05, 0.1) is 11.0 Å². The van der Waals surface area contributed by atoms with Crippen molar-refractivity contribution < 1.29 is 4.79 Å². The molecule has 2 aromatic heterocycles. The van der Waals surface area contributed by atoms with Crippen LogP contribution in [0.25, 0.3) is 21.9 Å². The quantitative estimate of drug-likeness (QED) is 0.676. The van der Waals surface area contributed by atoms with Gasteiger partial charge in [0, 0.05) is 32.3 Å². The standard InChI is InChI=1S/C19H25N5O/c1-4-15-23-17-18(24(15)3)16-13(8-5-6-11-21-12(2)25)9-7-10-14(16)22-19(17)20/h7,9-10H,4-6,8,11H2,1-3H3,(H2,20,22)(H,21,25). The molecule has 3 aromatic rings. The minimum absolute atomic E-state index is 0.0218. The monoisotopic (exact) mass is 339 g/mol. The second-order valence-corrected chi connectivity index (χ2v) is 6.39. The first-order valence-corrected chi connectivity index (χ1v) is 8.79. The Bertz CT molecular complexity index is 929. The third kappa shape index (κ3) is 3.29. The number of carbonyl (C=O) groups is 1. The summed E-state index contributed by atoms with van der Waals surface area (Å²) in [7, 11) is 2.04. The van der Waals surface area contributed by atoms with Crippen LogP contribution < -0.4 is 11.1 Å². The van der Waals surface area contributed by atoms with Crippen LogP contribution in [0.4, 0.5) is 5.82 Å². The number of unbranched alkanes of at least 4 members (excludes halogenated alkanes) is 1. The Morgan fingerprint density at radius 2 is 2.08 bits per heavy atom. The molecule has 6 heteroatoms. The van der Waals surface area contributed by atoms with Crippen LogP contribution in [-0.4, -0.2) is 27.0 Å². The number of carbonyl (C=O) groups excluding carboxylic acids is 1. The maximum Gasteiger partial charge on any atom is 0.216 e. The van der Waals surface area contributed by atoms with Crippen molar-refractivity contribution in [2.24, 2.45) is 7.05 Å². The van der Waals surface area contributed by atoms with Crippen molar-refractivity contribution >= 4 is 33.7 Å². The molecule has 0 saturated heterocycles. The van der Waals surface area contributed by atoms with Gasteiger partial charge in [-0.2, -0.15) is 0 Å². The second-order valence-electron chi connectivity index (χ2n) is 6.39. The van der Waals surface area contributed by atoms with Gasteiger partial charge in [-0.1, -0.05) is 19.1 Å². The Morgan fingerprint density at radius 1 is 1.28 bits per heavy atom. The molecule has 1 aromatic carbocycles. The zero-order valence-corrected chi connectivity index (χ0v) is 15.1. The van der Waals surface area contributed by atoms with Crippen LogP contribution >= 0.6 is 0 Å². The Morgan fingerprint density at radius 3 is 2.80 bits per heavy atom. The molecule has 6 nitrogen and oxygen atoms in total. The highest BCUT2D eigenvalue weighted by Gasteiger charge is 2.16. The van der Waals surface area contributed by atoms with Crippen LogP contribution in [0, 0.1) is 0 Å². The third-order valence-corrected chi connectivity index (χ3v) is 4.60. The van der Waals surface area contributed by atoms with Gasteiger partial charge in [0.1, 0.15) is 11.3 Å². The van der Waals surface area contributed by atoms with Gasteiger partial charge >= 0.3 is 0 Å². The Hall–Kier alpha value is -2.63. The molecule has 0 saturated carbocycles. The van der Waals surface area contributed by atoms with Gasteiger partial charge in [0.2, 0.25) is 5.91 Å². The molecule has 0 unspecified atom stereocenters. The second kappa shape index (κ2) is 7.09. The van der Waals surface area contributed by atoms with Gasteiger partial charge in [-0.15, -0.1) is 0 Å². The molecule has 2 heterocycles. The Balaban J connectivity index is 2.00. The van der Waals surface area contributed by atoms with Gasteiger partial charge in [-0.3, -0.25) is 4.79 Å². The summed E-state index contributed by atoms with van der Waals surface area (Å²) in [5.41, 5.74) is 10.2. The summed E-state index contributed by atoms with van der Waals surface area (Å²) in [5.74, 6) is 1.52. The molecular weight excluding hydrogens is 314 g/mol. The SMILES string of the molecule is CCc1nc2c(N)nc3cccc(CCCCNC(C)=O)c3c2n1C. The summed E-state index contributed by atoms with van der Waals surface area (Å²) in [6.45, 7) is 4.35. The van der Waals surface area contributed by atoms with Crippen LogP contribution in [0.5, 0.6) is 0 Å². The van der Waals surface area contributed by atoms with Crippen LogP contribution in [0.2, 0.25) is 0 Å². The van der Waals surface area contributed by atoms with Crippen LogP contribution in [-0.2, 0) is 24.7 Å². The van der Waals surface area contributed by atoms with E-state index in [4.69, 9.17) is 5.73 Å². The largest absolute Gasteiger partial charge is 0.382 e. The summed E-state index contributed by atoms with van der Waals surface area (Å²) in [6, 6.07) is 6.18. The number of aromatic nitrogens is 3. The lowest BCUT2D eigenvalue weighted by Crippen LogP contribution is -2.20. The molecule has 0 radical (unpaired) electrons. The van der Waals surface area contributed by atoms with E-state index in [0.717, 1.165) is 53.4 Å². The highest BCUT2D eigenvalue weighted by atomic mass is 16.1. The number of fused-ring (bicyclic) bond motifs is 3. The Kier molecular flexibility index (Phi) is 4.88. The molecule has 0 spiro atoms. The van der Waals surface area contributed by atoms with Gasteiger partial charge in [-0.05, 0) is 30.9 Å². The predicted octanol–water partition coefficient (Wildman–Crippen LogP) is 2.72. The van der Waals surface area contributed by atoms with Gasteiger partial charge in [0.15, 0.2) is 5.82 Å². The summed E-state index contributed by atoms with van der Waals surface area (Å²) in [4.78, 5) is 20.2. The van der Waals surface area contributed by atoms with Crippen molar-refractivity contribution in [2.45, 2.75) is 39.5 Å². The van der Waals surface area contributed by atoms with E-state index in [0.29, 0.717) is 12.4 Å². The fraction of sp³-hybridized carbons (Fsp3) is 0.421. The molecule has 0 aliphatic rings. The normalized spacial score (nSPS) is 11.3. The average molecular weight is 339 g/mol. The van der Waals surface area contributed by atoms with Crippen molar-refractivity contribution in [1.82, 2.24) is 19.9 Å². The number of hydrogen-bond acceptors (Lipinski definition) is 4. The summed E-state index contributed by atoms with van der Waals surface area (Å²) in [5, 5.41) is 3.98. The van der Waals surface area contributed by atoms with E-state index < -0.39 is 0 Å². The highest BCUT2D eigenvalue weighted by Crippen LogP contribution is 2.31. The number of aryl methyl sites for hydroxylation is 3. The lowest BCUT2D eigenvalue weighted by Gasteiger charge is -2.10. The number of nitrogens with two attached hydrogens (primary N) is 1. The molecule has 132 valence electrons. The minimum atomic E-state index is 0.0218. The smallest absolute Gasteiger partial charge is 0.216 e. The first-order valence-electron chi connectivity index (χ1n) is 8.79. The molecule has 1 amide bonds. The lowest BCUT2D eigenvalue weighted by molar-refractivity contribution is -0.118. The fourth-order valence-corrected chi connectivity index (χ4v) is 3.37. The Labute approximate surface area is 147 Å². The van der Waals surface area contributed by atoms with Crippen molar-refractivity contribution in [3.05, 3.63) is 29.6 Å². The van der Waals surface area contributed by atoms with E-state index in [1.54, 1.807) is 6.92 Å². The van der Waals surface area contributed by atoms with E-state index in [1.165, 1.54) is 5.56 Å². The van der Waals surface area contributed by atoms with E-state index in [-0.39, 0.29) is 5.91 Å². The molecule has 0 aliphatic carbocycles. The summed E-state index contributed by atoms with van der Waals surface area (Å²) in [6.07, 6.45) is 3.74. The topological polar surface area (TPSA) is 85.8 Å². The first-order chi connectivity index (χ1) is 12.0. The molecule has 25 heavy (non-hydrogen) atoms. The van der Waals surface area contributed by atoms with Crippen LogP contribution in [0.1, 0.15) is 38.1 Å². The number of pyridine rings is 1. The summed E-state index contributed by atoms with van der Waals surface area (Å²) < 4.78 is 2.14. The van der Waals surface area contributed by atoms with Crippen molar-refractivity contribution in [3.8, 4) is 0 Å². The number of nitrogens with one attached hydrogen (secondary N) is 1. The van der Waals surface area contributed by atoms with Crippen LogP contribution in [0.3, 0.4) is 0 Å².